The van der Waals surface area contributed by atoms with Crippen molar-refractivity contribution in [1.29, 1.82) is 0 Å². The van der Waals surface area contributed by atoms with E-state index in [0.29, 0.717) is 13.0 Å². The van der Waals surface area contributed by atoms with Gasteiger partial charge in [-0.15, -0.1) is 11.3 Å². The molecule has 1 aromatic rings. The topological polar surface area (TPSA) is 55.1 Å². The van der Waals surface area contributed by atoms with E-state index in [1.54, 1.807) is 18.3 Å². The first-order valence-corrected chi connectivity index (χ1v) is 7.74. The van der Waals surface area contributed by atoms with E-state index in [2.05, 4.69) is 21.2 Å². The average molecular weight is 349 g/mol. The summed E-state index contributed by atoms with van der Waals surface area (Å²) in [5.74, 6) is -0.0897. The fourth-order valence-corrected chi connectivity index (χ4v) is 3.15. The zero-order valence-corrected chi connectivity index (χ0v) is 13.7. The van der Waals surface area contributed by atoms with Gasteiger partial charge in [0.15, 0.2) is 0 Å². The molecule has 0 fully saturated rings. The van der Waals surface area contributed by atoms with Gasteiger partial charge in [-0.3, -0.25) is 4.79 Å². The van der Waals surface area contributed by atoms with Gasteiger partial charge in [-0.1, -0.05) is 19.1 Å². The summed E-state index contributed by atoms with van der Waals surface area (Å²) in [4.78, 5) is 13.5. The van der Waals surface area contributed by atoms with Gasteiger partial charge in [0.05, 0.1) is 14.2 Å². The van der Waals surface area contributed by atoms with Crippen LogP contribution < -0.4 is 11.1 Å². The van der Waals surface area contributed by atoms with Crippen molar-refractivity contribution >= 4 is 50.4 Å². The summed E-state index contributed by atoms with van der Waals surface area (Å²) in [5, 5.41) is 2.90. The molecular formula is C12H17BrN2OS2. The van der Waals surface area contributed by atoms with Crippen molar-refractivity contribution in [3.05, 3.63) is 20.8 Å². The second kappa shape index (κ2) is 6.63. The summed E-state index contributed by atoms with van der Waals surface area (Å²) in [6, 6.07) is 4.06. The van der Waals surface area contributed by atoms with E-state index >= 15 is 0 Å². The summed E-state index contributed by atoms with van der Waals surface area (Å²) in [6.45, 7) is 4.30. The van der Waals surface area contributed by atoms with E-state index in [1.807, 2.05) is 19.1 Å². The first-order chi connectivity index (χ1) is 8.40. The molecule has 1 unspecified atom stereocenters. The molecule has 0 aliphatic heterocycles. The van der Waals surface area contributed by atoms with Crippen LogP contribution in [-0.4, -0.2) is 17.4 Å². The number of amides is 1. The molecule has 0 saturated heterocycles. The Morgan fingerprint density at radius 2 is 2.28 bits per heavy atom. The highest BCUT2D eigenvalue weighted by Crippen LogP contribution is 2.23. The summed E-state index contributed by atoms with van der Waals surface area (Å²) in [7, 11) is 0. The molecule has 0 aliphatic rings. The number of rotatable bonds is 6. The fraction of sp³-hybridized carbons (Fsp3) is 0.500. The van der Waals surface area contributed by atoms with Crippen LogP contribution in [0.15, 0.2) is 15.9 Å². The highest BCUT2D eigenvalue weighted by Gasteiger charge is 2.34. The molecule has 18 heavy (non-hydrogen) atoms. The Labute approximate surface area is 125 Å². The molecule has 0 aromatic carbocycles. The zero-order chi connectivity index (χ0) is 13.8. The summed E-state index contributed by atoms with van der Waals surface area (Å²) in [5.41, 5.74) is 4.89. The van der Waals surface area contributed by atoms with Gasteiger partial charge in [-0.25, -0.2) is 0 Å². The first kappa shape index (κ1) is 15.6. The van der Waals surface area contributed by atoms with Gasteiger partial charge in [0.25, 0.3) is 0 Å². The number of hydrogen-bond donors (Lipinski definition) is 2. The summed E-state index contributed by atoms with van der Waals surface area (Å²) < 4.78 is 1.10. The molecule has 1 rings (SSSR count). The maximum absolute atomic E-state index is 12.0. The van der Waals surface area contributed by atoms with Crippen molar-refractivity contribution < 1.29 is 4.79 Å². The van der Waals surface area contributed by atoms with Crippen molar-refractivity contribution in [2.45, 2.75) is 26.7 Å². The lowest BCUT2D eigenvalue weighted by Crippen LogP contribution is -2.47. The van der Waals surface area contributed by atoms with E-state index in [0.717, 1.165) is 10.2 Å². The van der Waals surface area contributed by atoms with Crippen LogP contribution in [0, 0.1) is 5.41 Å². The third-order valence-electron chi connectivity index (χ3n) is 3.04. The normalized spacial score (nSPS) is 13.9. The molecule has 1 aromatic heterocycles. The van der Waals surface area contributed by atoms with Crippen LogP contribution in [0.2, 0.25) is 0 Å². The highest BCUT2D eigenvalue weighted by molar-refractivity contribution is 9.11. The number of thiophene rings is 1. The van der Waals surface area contributed by atoms with E-state index in [1.165, 1.54) is 4.88 Å². The number of nitrogens with one attached hydrogen (secondary N) is 1. The van der Waals surface area contributed by atoms with E-state index in [9.17, 15) is 4.79 Å². The summed E-state index contributed by atoms with van der Waals surface area (Å²) >= 11 is 10.1. The molecular weight excluding hydrogens is 332 g/mol. The van der Waals surface area contributed by atoms with Crippen LogP contribution in [0.3, 0.4) is 0 Å². The largest absolute Gasteiger partial charge is 0.392 e. The maximum Gasteiger partial charge on any atom is 0.232 e. The van der Waals surface area contributed by atoms with Crippen LogP contribution in [0.1, 0.15) is 25.1 Å². The Morgan fingerprint density at radius 3 is 2.72 bits per heavy atom. The highest BCUT2D eigenvalue weighted by atomic mass is 79.9. The van der Waals surface area contributed by atoms with Crippen LogP contribution >= 0.6 is 39.5 Å². The molecule has 0 radical (unpaired) electrons. The quantitative estimate of drug-likeness (QED) is 0.777. The van der Waals surface area contributed by atoms with Crippen molar-refractivity contribution in [2.75, 3.05) is 6.54 Å². The van der Waals surface area contributed by atoms with Crippen molar-refractivity contribution in [3.63, 3.8) is 0 Å². The molecule has 0 bridgehead atoms. The van der Waals surface area contributed by atoms with Crippen LogP contribution in [0.5, 0.6) is 0 Å². The molecule has 3 nitrogen and oxygen atoms in total. The Bertz CT molecular complexity index is 447. The number of hydrogen-bond acceptors (Lipinski definition) is 3. The standard InChI is InChI=1S/C12H17BrN2OS2/c1-3-12(2,10(14)17)11(16)15-7-6-8-4-5-9(13)18-8/h4-5H,3,6-7H2,1-2H3,(H2,14,17)(H,15,16). The predicted molar refractivity (Wildman–Crippen MR) is 83.9 cm³/mol. The molecule has 1 amide bonds. The van der Waals surface area contributed by atoms with Crippen molar-refractivity contribution in [2.24, 2.45) is 11.1 Å². The van der Waals surface area contributed by atoms with Gasteiger partial charge < -0.3 is 11.1 Å². The van der Waals surface area contributed by atoms with Crippen molar-refractivity contribution in [3.8, 4) is 0 Å². The lowest BCUT2D eigenvalue weighted by Gasteiger charge is -2.25. The molecule has 100 valence electrons. The molecule has 0 aliphatic carbocycles. The molecule has 0 saturated carbocycles. The van der Waals surface area contributed by atoms with Crippen LogP contribution in [0.25, 0.3) is 0 Å². The van der Waals surface area contributed by atoms with Gasteiger partial charge in [-0.2, -0.15) is 0 Å². The Kier molecular flexibility index (Phi) is 5.75. The van der Waals surface area contributed by atoms with Gasteiger partial charge in [-0.05, 0) is 47.8 Å². The third-order valence-corrected chi connectivity index (χ3v) is 5.17. The van der Waals surface area contributed by atoms with Crippen molar-refractivity contribution in [1.82, 2.24) is 5.32 Å². The van der Waals surface area contributed by atoms with Gasteiger partial charge in [0.2, 0.25) is 5.91 Å². The number of halogens is 1. The Morgan fingerprint density at radius 1 is 1.61 bits per heavy atom. The number of carbonyl (C=O) groups is 1. The van der Waals surface area contributed by atoms with Gasteiger partial charge in [0, 0.05) is 11.4 Å². The van der Waals surface area contributed by atoms with E-state index < -0.39 is 5.41 Å². The Hall–Kier alpha value is -0.460. The monoisotopic (exact) mass is 348 g/mol. The van der Waals surface area contributed by atoms with Crippen LogP contribution in [0.4, 0.5) is 0 Å². The smallest absolute Gasteiger partial charge is 0.232 e. The second-order valence-corrected chi connectivity index (χ2v) is 7.25. The molecule has 0 spiro atoms. The molecule has 1 atom stereocenters. The minimum absolute atomic E-state index is 0.0897. The zero-order valence-electron chi connectivity index (χ0n) is 10.5. The minimum atomic E-state index is -0.745. The number of thiocarbonyl (C=S) groups is 1. The number of carbonyl (C=O) groups excluding carboxylic acids is 1. The van der Waals surface area contributed by atoms with Crippen LogP contribution in [-0.2, 0) is 11.2 Å². The van der Waals surface area contributed by atoms with Gasteiger partial charge >= 0.3 is 0 Å². The lowest BCUT2D eigenvalue weighted by atomic mass is 9.86. The first-order valence-electron chi connectivity index (χ1n) is 5.72. The van der Waals surface area contributed by atoms with Gasteiger partial charge in [0.1, 0.15) is 0 Å². The SMILES string of the molecule is CCC(C)(C(=O)NCCc1ccc(Br)s1)C(N)=S. The molecule has 6 heteroatoms. The predicted octanol–water partition coefficient (Wildman–Crippen LogP) is 2.87. The number of nitrogens with two attached hydrogens (primary N) is 1. The minimum Gasteiger partial charge on any atom is -0.392 e. The fourth-order valence-electron chi connectivity index (χ4n) is 1.43. The third kappa shape index (κ3) is 3.76. The van der Waals surface area contributed by atoms with E-state index in [4.69, 9.17) is 18.0 Å². The second-order valence-electron chi connectivity index (χ2n) is 4.26. The molecule has 1 heterocycles. The average Bonchev–Trinajstić information content (AvgIpc) is 2.73. The van der Waals surface area contributed by atoms with E-state index in [-0.39, 0.29) is 10.9 Å². The summed E-state index contributed by atoms with van der Waals surface area (Å²) in [6.07, 6.45) is 1.43. The maximum atomic E-state index is 12.0. The lowest BCUT2D eigenvalue weighted by molar-refractivity contribution is -0.126. The Balaban J connectivity index is 2.48. The molecule has 3 N–H and O–H groups in total.